The Morgan fingerprint density at radius 3 is 2.40 bits per heavy atom. The van der Waals surface area contributed by atoms with Crippen LogP contribution in [0.3, 0.4) is 0 Å². The average molecular weight is 500 g/mol. The van der Waals surface area contributed by atoms with Gasteiger partial charge in [0.15, 0.2) is 0 Å². The van der Waals surface area contributed by atoms with Crippen molar-refractivity contribution < 1.29 is 17.6 Å². The summed E-state index contributed by atoms with van der Waals surface area (Å²) in [6, 6.07) is 10.7. The molecule has 188 valence electrons. The second-order valence-electron chi connectivity index (χ2n) is 10.7. The molecule has 4 rings (SSSR count). The van der Waals surface area contributed by atoms with Crippen molar-refractivity contribution in [3.63, 3.8) is 0 Å². The molecule has 2 heterocycles. The van der Waals surface area contributed by atoms with Gasteiger partial charge in [-0.2, -0.15) is 0 Å². The van der Waals surface area contributed by atoms with Gasteiger partial charge in [0, 0.05) is 48.8 Å². The van der Waals surface area contributed by atoms with Gasteiger partial charge in [-0.25, -0.2) is 12.8 Å². The highest BCUT2D eigenvalue weighted by atomic mass is 32.2. The van der Waals surface area contributed by atoms with Crippen LogP contribution in [0.25, 0.3) is 10.9 Å². The molecule has 3 aromatic rings. The van der Waals surface area contributed by atoms with E-state index in [0.717, 1.165) is 35.4 Å². The molecule has 8 heteroatoms. The molecule has 0 aliphatic carbocycles. The molecule has 1 atom stereocenters. The lowest BCUT2D eigenvalue weighted by Gasteiger charge is -2.36. The van der Waals surface area contributed by atoms with Crippen LogP contribution in [-0.4, -0.2) is 36.9 Å². The predicted molar refractivity (Wildman–Crippen MR) is 137 cm³/mol. The number of hydrogen-bond acceptors (Lipinski definition) is 3. The highest BCUT2D eigenvalue weighted by Gasteiger charge is 2.33. The summed E-state index contributed by atoms with van der Waals surface area (Å²) in [5.41, 5.74) is 2.45. The number of benzene rings is 2. The minimum absolute atomic E-state index is 0.0401. The lowest BCUT2D eigenvalue weighted by atomic mass is 9.80. The fraction of sp³-hybridized carbons (Fsp3) is 0.444. The van der Waals surface area contributed by atoms with E-state index in [1.807, 2.05) is 35.6 Å². The van der Waals surface area contributed by atoms with Crippen molar-refractivity contribution in [1.29, 1.82) is 0 Å². The zero-order valence-electron chi connectivity index (χ0n) is 21.0. The molecule has 2 aromatic carbocycles. The predicted octanol–water partition coefficient (Wildman–Crippen LogP) is 5.51. The van der Waals surface area contributed by atoms with Gasteiger partial charge in [-0.15, -0.1) is 0 Å². The Kier molecular flexibility index (Phi) is 6.70. The molecule has 0 spiro atoms. The molecule has 1 aliphatic rings. The standard InChI is InChI=1S/C27H34FN3O3S/c1-18(27(2,3)4)26(32)31-14-12-19(13-15-31)22-17-30(5)24-11-10-20(16-21(22)24)29-35(33,34)25-9-7-6-8-23(25)28/h6-11,16-19,29H,12-15H2,1-5H3. The lowest BCUT2D eigenvalue weighted by molar-refractivity contribution is -0.139. The molecule has 0 bridgehead atoms. The monoisotopic (exact) mass is 499 g/mol. The quantitative estimate of drug-likeness (QED) is 0.503. The van der Waals surface area contributed by atoms with Crippen molar-refractivity contribution in [2.75, 3.05) is 17.8 Å². The summed E-state index contributed by atoms with van der Waals surface area (Å²) < 4.78 is 44.2. The van der Waals surface area contributed by atoms with Crippen LogP contribution in [0, 0.1) is 17.2 Å². The van der Waals surface area contributed by atoms with Crippen LogP contribution in [0.1, 0.15) is 52.0 Å². The van der Waals surface area contributed by atoms with Crippen molar-refractivity contribution in [3.8, 4) is 0 Å². The SMILES string of the molecule is CC(C(=O)N1CCC(c2cn(C)c3ccc(NS(=O)(=O)c4ccccc4F)cc23)CC1)C(C)(C)C. The van der Waals surface area contributed by atoms with Crippen LogP contribution in [-0.2, 0) is 21.9 Å². The third-order valence-corrected chi connectivity index (χ3v) is 8.73. The van der Waals surface area contributed by atoms with Gasteiger partial charge in [0.2, 0.25) is 5.91 Å². The van der Waals surface area contributed by atoms with Gasteiger partial charge in [0.1, 0.15) is 10.7 Å². The molecule has 0 saturated carbocycles. The first-order valence-corrected chi connectivity index (χ1v) is 13.5. The summed E-state index contributed by atoms with van der Waals surface area (Å²) in [7, 11) is -2.09. The number of sulfonamides is 1. The summed E-state index contributed by atoms with van der Waals surface area (Å²) in [5, 5.41) is 0.967. The van der Waals surface area contributed by atoms with Gasteiger partial charge in [-0.3, -0.25) is 9.52 Å². The summed E-state index contributed by atoms with van der Waals surface area (Å²) >= 11 is 0. The number of likely N-dealkylation sites (tertiary alicyclic amines) is 1. The largest absolute Gasteiger partial charge is 0.350 e. The summed E-state index contributed by atoms with van der Waals surface area (Å²) in [4.78, 5) is 14.6. The van der Waals surface area contributed by atoms with Crippen LogP contribution in [0.5, 0.6) is 0 Å². The van der Waals surface area contributed by atoms with Crippen LogP contribution in [0.2, 0.25) is 0 Å². The number of hydrogen-bond donors (Lipinski definition) is 1. The Morgan fingerprint density at radius 2 is 1.77 bits per heavy atom. The van der Waals surface area contributed by atoms with Crippen LogP contribution >= 0.6 is 0 Å². The van der Waals surface area contributed by atoms with E-state index in [1.54, 1.807) is 6.07 Å². The fourth-order valence-corrected chi connectivity index (χ4v) is 5.87. The molecule has 1 saturated heterocycles. The van der Waals surface area contributed by atoms with E-state index < -0.39 is 15.8 Å². The minimum atomic E-state index is -4.06. The minimum Gasteiger partial charge on any atom is -0.350 e. The van der Waals surface area contributed by atoms with Gasteiger partial charge >= 0.3 is 0 Å². The second kappa shape index (κ2) is 9.30. The van der Waals surface area contributed by atoms with Crippen LogP contribution < -0.4 is 4.72 Å². The van der Waals surface area contributed by atoms with E-state index in [-0.39, 0.29) is 28.1 Å². The number of piperidine rings is 1. The van der Waals surface area contributed by atoms with E-state index in [1.165, 1.54) is 18.2 Å². The van der Waals surface area contributed by atoms with Gasteiger partial charge in [0.25, 0.3) is 10.0 Å². The zero-order valence-corrected chi connectivity index (χ0v) is 21.8. The van der Waals surface area contributed by atoms with Gasteiger partial charge in [-0.1, -0.05) is 39.8 Å². The number of aryl methyl sites for hydroxylation is 1. The van der Waals surface area contributed by atoms with Gasteiger partial charge in [0.05, 0.1) is 0 Å². The second-order valence-corrected chi connectivity index (χ2v) is 12.3. The Morgan fingerprint density at radius 1 is 1.11 bits per heavy atom. The molecule has 35 heavy (non-hydrogen) atoms. The van der Waals surface area contributed by atoms with E-state index in [0.29, 0.717) is 18.8 Å². The Hall–Kier alpha value is -2.87. The maximum Gasteiger partial charge on any atom is 0.264 e. The first kappa shape index (κ1) is 25.2. The number of amides is 1. The van der Waals surface area contributed by atoms with Gasteiger partial charge < -0.3 is 9.47 Å². The molecule has 1 N–H and O–H groups in total. The molecular weight excluding hydrogens is 465 g/mol. The van der Waals surface area contributed by atoms with E-state index in [2.05, 4.69) is 31.7 Å². The Balaban J connectivity index is 1.56. The highest BCUT2D eigenvalue weighted by molar-refractivity contribution is 7.92. The average Bonchev–Trinajstić information content (AvgIpc) is 3.13. The van der Waals surface area contributed by atoms with Crippen LogP contribution in [0.15, 0.2) is 53.6 Å². The number of nitrogens with zero attached hydrogens (tertiary/aromatic N) is 2. The molecule has 1 fully saturated rings. The lowest BCUT2D eigenvalue weighted by Crippen LogP contribution is -2.43. The van der Waals surface area contributed by atoms with Crippen molar-refractivity contribution in [1.82, 2.24) is 9.47 Å². The number of fused-ring (bicyclic) bond motifs is 1. The number of aromatic nitrogens is 1. The summed E-state index contributed by atoms with van der Waals surface area (Å²) in [6.45, 7) is 9.70. The molecular formula is C27H34FN3O3S. The number of halogens is 1. The van der Waals surface area contributed by atoms with E-state index in [9.17, 15) is 17.6 Å². The van der Waals surface area contributed by atoms with E-state index >= 15 is 0 Å². The maximum absolute atomic E-state index is 14.1. The van der Waals surface area contributed by atoms with E-state index in [4.69, 9.17) is 0 Å². The number of anilines is 1. The Bertz CT molecular complexity index is 1350. The molecule has 0 radical (unpaired) electrons. The molecule has 1 amide bonds. The van der Waals surface area contributed by atoms with Crippen LogP contribution in [0.4, 0.5) is 10.1 Å². The number of nitrogens with one attached hydrogen (secondary N) is 1. The Labute approximate surface area is 207 Å². The third kappa shape index (κ3) is 5.08. The molecule has 1 aliphatic heterocycles. The van der Waals surface area contributed by atoms with Crippen molar-refractivity contribution in [2.45, 2.75) is 51.3 Å². The molecule has 1 unspecified atom stereocenters. The number of carbonyl (C=O) groups excluding carboxylic acids is 1. The van der Waals surface area contributed by atoms with Crippen molar-refractivity contribution in [2.24, 2.45) is 18.4 Å². The normalized spacial score (nSPS) is 16.5. The smallest absolute Gasteiger partial charge is 0.264 e. The maximum atomic E-state index is 14.1. The fourth-order valence-electron chi connectivity index (χ4n) is 4.74. The summed E-state index contributed by atoms with van der Waals surface area (Å²) in [6.07, 6.45) is 3.81. The first-order valence-electron chi connectivity index (χ1n) is 12.0. The molecule has 6 nitrogen and oxygen atoms in total. The topological polar surface area (TPSA) is 71.4 Å². The number of rotatable bonds is 5. The number of carbonyl (C=O) groups is 1. The summed E-state index contributed by atoms with van der Waals surface area (Å²) in [5.74, 6) is -0.352. The highest BCUT2D eigenvalue weighted by Crippen LogP contribution is 2.37. The third-order valence-electron chi connectivity index (χ3n) is 7.31. The first-order chi connectivity index (χ1) is 16.4. The van der Waals surface area contributed by atoms with Crippen molar-refractivity contribution >= 4 is 32.5 Å². The van der Waals surface area contributed by atoms with Gasteiger partial charge in [-0.05, 0) is 60.1 Å². The zero-order chi connectivity index (χ0) is 25.5. The van der Waals surface area contributed by atoms with Crippen molar-refractivity contribution in [3.05, 3.63) is 60.0 Å². The molecule has 1 aromatic heterocycles.